The van der Waals surface area contributed by atoms with Crippen LogP contribution in [0.2, 0.25) is 0 Å². The molecule has 7 nitrogen and oxygen atoms in total. The number of aromatic nitrogens is 2. The van der Waals surface area contributed by atoms with E-state index < -0.39 is 9.84 Å². The van der Waals surface area contributed by atoms with Crippen molar-refractivity contribution in [2.24, 2.45) is 5.92 Å². The quantitative estimate of drug-likeness (QED) is 0.807. The molecule has 2 aliphatic rings. The lowest BCUT2D eigenvalue weighted by Crippen LogP contribution is -2.38. The summed E-state index contributed by atoms with van der Waals surface area (Å²) in [6, 6.07) is -0.252. The maximum atomic E-state index is 12.6. The fraction of sp³-hybridized carbons (Fsp3) is 0.632. The van der Waals surface area contributed by atoms with Gasteiger partial charge in [-0.2, -0.15) is 0 Å². The highest BCUT2D eigenvalue weighted by Crippen LogP contribution is 2.35. The van der Waals surface area contributed by atoms with E-state index in [9.17, 15) is 18.0 Å². The second-order valence-corrected chi connectivity index (χ2v) is 11.4. The molecule has 1 saturated heterocycles. The second-order valence-electron chi connectivity index (χ2n) is 8.11. The van der Waals surface area contributed by atoms with Gasteiger partial charge in [-0.1, -0.05) is 6.92 Å². The molecule has 1 aliphatic carbocycles. The van der Waals surface area contributed by atoms with Gasteiger partial charge < -0.3 is 9.88 Å². The van der Waals surface area contributed by atoms with Crippen LogP contribution in [0.15, 0.2) is 4.79 Å². The molecule has 4 rings (SSSR count). The van der Waals surface area contributed by atoms with E-state index >= 15 is 0 Å². The number of aromatic amines is 1. The van der Waals surface area contributed by atoms with E-state index in [1.807, 2.05) is 0 Å². The van der Waals surface area contributed by atoms with Crippen LogP contribution in [-0.2, 0) is 33.9 Å². The largest absolute Gasteiger partial charge is 0.342 e. The highest BCUT2D eigenvalue weighted by atomic mass is 32.2. The number of H-pyrrole nitrogens is 1. The lowest BCUT2D eigenvalue weighted by atomic mass is 9.89. The summed E-state index contributed by atoms with van der Waals surface area (Å²) in [7, 11) is -1.37. The van der Waals surface area contributed by atoms with Gasteiger partial charge >= 0.3 is 0 Å². The molecule has 0 bridgehead atoms. The third-order valence-corrected chi connectivity index (χ3v) is 8.84. The zero-order chi connectivity index (χ0) is 20.1. The van der Waals surface area contributed by atoms with Crippen molar-refractivity contribution in [3.63, 3.8) is 0 Å². The molecule has 28 heavy (non-hydrogen) atoms. The van der Waals surface area contributed by atoms with Gasteiger partial charge in [-0.3, -0.25) is 9.59 Å². The van der Waals surface area contributed by atoms with E-state index in [0.29, 0.717) is 24.6 Å². The Morgan fingerprint density at radius 1 is 1.36 bits per heavy atom. The first kappa shape index (κ1) is 19.6. The predicted molar refractivity (Wildman–Crippen MR) is 110 cm³/mol. The summed E-state index contributed by atoms with van der Waals surface area (Å²) in [5.74, 6) is 1.21. The summed E-state index contributed by atoms with van der Waals surface area (Å²) in [6.07, 6.45) is 4.05. The van der Waals surface area contributed by atoms with Crippen LogP contribution in [0.4, 0.5) is 0 Å². The zero-order valence-electron chi connectivity index (χ0n) is 16.2. The molecule has 2 aromatic rings. The summed E-state index contributed by atoms with van der Waals surface area (Å²) < 4.78 is 23.3. The molecular weight excluding hydrogens is 398 g/mol. The van der Waals surface area contributed by atoms with E-state index in [1.165, 1.54) is 9.78 Å². The van der Waals surface area contributed by atoms with Gasteiger partial charge in [-0.05, 0) is 37.2 Å². The van der Waals surface area contributed by atoms with Gasteiger partial charge in [0, 0.05) is 30.8 Å². The molecule has 2 atom stereocenters. The fourth-order valence-corrected chi connectivity index (χ4v) is 7.37. The Morgan fingerprint density at radius 2 is 2.14 bits per heavy atom. The molecule has 0 saturated carbocycles. The van der Waals surface area contributed by atoms with Crippen molar-refractivity contribution in [1.29, 1.82) is 0 Å². The van der Waals surface area contributed by atoms with Crippen molar-refractivity contribution < 1.29 is 13.2 Å². The van der Waals surface area contributed by atoms with Crippen molar-refractivity contribution in [2.45, 2.75) is 51.5 Å². The molecule has 1 fully saturated rings. The molecule has 1 N–H and O–H groups in total. The minimum Gasteiger partial charge on any atom is -0.342 e. The summed E-state index contributed by atoms with van der Waals surface area (Å²) in [6.45, 7) is 2.23. The molecule has 152 valence electrons. The smallest absolute Gasteiger partial charge is 0.259 e. The Morgan fingerprint density at radius 3 is 2.86 bits per heavy atom. The number of hydrogen-bond acceptors (Lipinski definition) is 6. The summed E-state index contributed by atoms with van der Waals surface area (Å²) in [5, 5.41) is 0.718. The Kier molecular flexibility index (Phi) is 5.07. The molecule has 1 amide bonds. The standard InChI is InChI=1S/C19H25N3O4S2/c1-11-3-4-13-14(9-11)27-19-17(13)18(24)20-15(21-19)5-6-16(23)22(2)12-7-8-28(25,26)10-12/h11-12H,3-10H2,1-2H3,(H,20,21,24). The topological polar surface area (TPSA) is 100 Å². The Bertz CT molecular complexity index is 1090. The van der Waals surface area contributed by atoms with Crippen LogP contribution >= 0.6 is 11.3 Å². The maximum absolute atomic E-state index is 12.6. The molecule has 3 heterocycles. The van der Waals surface area contributed by atoms with Gasteiger partial charge in [-0.15, -0.1) is 11.3 Å². The first-order valence-electron chi connectivity index (χ1n) is 9.73. The fourth-order valence-electron chi connectivity index (χ4n) is 4.20. The predicted octanol–water partition coefficient (Wildman–Crippen LogP) is 1.69. The monoisotopic (exact) mass is 423 g/mol. The highest BCUT2D eigenvalue weighted by molar-refractivity contribution is 7.91. The average molecular weight is 424 g/mol. The molecule has 1 aliphatic heterocycles. The van der Waals surface area contributed by atoms with Crippen LogP contribution < -0.4 is 5.56 Å². The van der Waals surface area contributed by atoms with Crippen LogP contribution in [0, 0.1) is 5.92 Å². The average Bonchev–Trinajstić information content (AvgIpc) is 3.18. The minimum atomic E-state index is -3.03. The Hall–Kier alpha value is -1.74. The van der Waals surface area contributed by atoms with Crippen LogP contribution in [0.1, 0.15) is 42.5 Å². The number of fused-ring (bicyclic) bond motifs is 3. The first-order chi connectivity index (χ1) is 13.2. The lowest BCUT2D eigenvalue weighted by molar-refractivity contribution is -0.131. The molecule has 2 aromatic heterocycles. The van der Waals surface area contributed by atoms with Crippen LogP contribution in [-0.4, -0.2) is 53.8 Å². The van der Waals surface area contributed by atoms with Crippen LogP contribution in [0.5, 0.6) is 0 Å². The Labute approximate surface area is 168 Å². The van der Waals surface area contributed by atoms with Gasteiger partial charge in [0.25, 0.3) is 5.56 Å². The van der Waals surface area contributed by atoms with E-state index in [-0.39, 0.29) is 35.4 Å². The second kappa shape index (κ2) is 7.26. The molecule has 0 aromatic carbocycles. The van der Waals surface area contributed by atoms with Crippen molar-refractivity contribution in [3.8, 4) is 0 Å². The first-order valence-corrected chi connectivity index (χ1v) is 12.4. The van der Waals surface area contributed by atoms with E-state index in [1.54, 1.807) is 18.4 Å². The van der Waals surface area contributed by atoms with Crippen LogP contribution in [0.3, 0.4) is 0 Å². The number of amides is 1. The number of nitrogens with zero attached hydrogens (tertiary/aromatic N) is 2. The number of thiophene rings is 1. The van der Waals surface area contributed by atoms with Crippen molar-refractivity contribution >= 4 is 37.3 Å². The van der Waals surface area contributed by atoms with E-state index in [2.05, 4.69) is 16.9 Å². The van der Waals surface area contributed by atoms with Crippen LogP contribution in [0.25, 0.3) is 10.2 Å². The molecule has 2 unspecified atom stereocenters. The van der Waals surface area contributed by atoms with Gasteiger partial charge in [-0.25, -0.2) is 13.4 Å². The summed E-state index contributed by atoms with van der Waals surface area (Å²) in [5.41, 5.74) is 1.03. The number of carbonyl (C=O) groups excluding carboxylic acids is 1. The number of carbonyl (C=O) groups is 1. The zero-order valence-corrected chi connectivity index (χ0v) is 17.8. The number of rotatable bonds is 4. The minimum absolute atomic E-state index is 0.0372. The SMILES string of the molecule is CC1CCc2c(sc3nc(CCC(=O)N(C)C4CCS(=O)(=O)C4)[nH]c(=O)c23)C1. The van der Waals surface area contributed by atoms with E-state index in [0.717, 1.165) is 35.0 Å². The van der Waals surface area contributed by atoms with Gasteiger partial charge in [0.1, 0.15) is 10.7 Å². The third-order valence-electron chi connectivity index (χ3n) is 5.94. The van der Waals surface area contributed by atoms with Gasteiger partial charge in [0.15, 0.2) is 9.84 Å². The Balaban J connectivity index is 1.48. The highest BCUT2D eigenvalue weighted by Gasteiger charge is 2.32. The van der Waals surface area contributed by atoms with Gasteiger partial charge in [0.05, 0.1) is 16.9 Å². The number of sulfone groups is 1. The third kappa shape index (κ3) is 3.74. The normalized spacial score (nSPS) is 23.6. The van der Waals surface area contributed by atoms with Crippen molar-refractivity contribution in [2.75, 3.05) is 18.6 Å². The maximum Gasteiger partial charge on any atom is 0.259 e. The van der Waals surface area contributed by atoms with E-state index in [4.69, 9.17) is 0 Å². The summed E-state index contributed by atoms with van der Waals surface area (Å²) in [4.78, 5) is 36.1. The molecule has 0 radical (unpaired) electrons. The summed E-state index contributed by atoms with van der Waals surface area (Å²) >= 11 is 1.60. The lowest BCUT2D eigenvalue weighted by Gasteiger charge is -2.23. The number of nitrogens with one attached hydrogen (secondary N) is 1. The van der Waals surface area contributed by atoms with Crippen molar-refractivity contribution in [1.82, 2.24) is 14.9 Å². The molecule has 0 spiro atoms. The van der Waals surface area contributed by atoms with Gasteiger partial charge in [0.2, 0.25) is 5.91 Å². The molecular formula is C19H25N3O4S2. The van der Waals surface area contributed by atoms with Crippen molar-refractivity contribution in [3.05, 3.63) is 26.6 Å². The number of hydrogen-bond donors (Lipinski definition) is 1. The molecule has 9 heteroatoms. The number of aryl methyl sites for hydroxylation is 2.